The van der Waals surface area contributed by atoms with Crippen molar-refractivity contribution >= 4 is 10.0 Å². The number of hydrogen-bond donors (Lipinski definition) is 2. The lowest BCUT2D eigenvalue weighted by atomic mass is 10.3. The van der Waals surface area contributed by atoms with Gasteiger partial charge in [0, 0.05) is 12.6 Å². The maximum absolute atomic E-state index is 13.2. The Bertz CT molecular complexity index is 489. The van der Waals surface area contributed by atoms with Crippen molar-refractivity contribution in [1.29, 1.82) is 0 Å². The third-order valence-electron chi connectivity index (χ3n) is 2.07. The third kappa shape index (κ3) is 4.03. The van der Waals surface area contributed by atoms with Crippen molar-refractivity contribution in [2.75, 3.05) is 6.54 Å². The molecule has 1 rings (SSSR count). The number of rotatable bonds is 5. The minimum Gasteiger partial charge on any atom is -0.328 e. The molecule has 1 unspecified atom stereocenters. The van der Waals surface area contributed by atoms with Gasteiger partial charge in [0.15, 0.2) is 0 Å². The molecule has 0 fully saturated rings. The van der Waals surface area contributed by atoms with E-state index in [0.29, 0.717) is 12.5 Å². The lowest BCUT2D eigenvalue weighted by molar-refractivity contribution is 0.542. The van der Waals surface area contributed by atoms with Crippen molar-refractivity contribution in [3.63, 3.8) is 0 Å². The molecular weight excluding hydrogens is 250 g/mol. The number of hydrogen-bond acceptors (Lipinski definition) is 3. The van der Waals surface area contributed by atoms with E-state index in [1.165, 1.54) is 0 Å². The Kier molecular flexibility index (Phi) is 4.55. The van der Waals surface area contributed by atoms with Crippen LogP contribution in [0.3, 0.4) is 0 Å². The van der Waals surface area contributed by atoms with Crippen molar-refractivity contribution in [2.45, 2.75) is 24.3 Å². The summed E-state index contributed by atoms with van der Waals surface area (Å²) < 4.78 is 51.5. The van der Waals surface area contributed by atoms with E-state index in [1.807, 2.05) is 0 Å². The molecule has 3 N–H and O–H groups in total. The SMILES string of the molecule is CC(N)CCNS(=O)(=O)c1cc(F)ccc1F. The molecule has 0 amide bonds. The molecule has 0 aliphatic carbocycles. The highest BCUT2D eigenvalue weighted by Crippen LogP contribution is 2.15. The van der Waals surface area contributed by atoms with E-state index in [4.69, 9.17) is 5.73 Å². The van der Waals surface area contributed by atoms with E-state index >= 15 is 0 Å². The summed E-state index contributed by atoms with van der Waals surface area (Å²) in [6, 6.07) is 2.10. The second-order valence-corrected chi connectivity index (χ2v) is 5.47. The zero-order valence-electron chi connectivity index (χ0n) is 9.28. The van der Waals surface area contributed by atoms with Crippen molar-refractivity contribution in [3.8, 4) is 0 Å². The number of benzene rings is 1. The Morgan fingerprint density at radius 2 is 2.06 bits per heavy atom. The van der Waals surface area contributed by atoms with Crippen molar-refractivity contribution in [2.24, 2.45) is 5.73 Å². The molecule has 0 aliphatic heterocycles. The molecule has 96 valence electrons. The quantitative estimate of drug-likeness (QED) is 0.832. The predicted octanol–water partition coefficient (Wildman–Crippen LogP) is 0.980. The highest BCUT2D eigenvalue weighted by atomic mass is 32.2. The predicted molar refractivity (Wildman–Crippen MR) is 59.8 cm³/mol. The highest BCUT2D eigenvalue weighted by Gasteiger charge is 2.19. The van der Waals surface area contributed by atoms with Gasteiger partial charge in [-0.05, 0) is 31.5 Å². The van der Waals surface area contributed by atoms with Crippen LogP contribution in [0.25, 0.3) is 0 Å². The topological polar surface area (TPSA) is 72.2 Å². The van der Waals surface area contributed by atoms with Gasteiger partial charge in [0.1, 0.15) is 16.5 Å². The first-order valence-electron chi connectivity index (χ1n) is 5.03. The molecule has 0 radical (unpaired) electrons. The van der Waals surface area contributed by atoms with Gasteiger partial charge in [0.25, 0.3) is 0 Å². The van der Waals surface area contributed by atoms with Crippen LogP contribution in [0.4, 0.5) is 8.78 Å². The van der Waals surface area contributed by atoms with Gasteiger partial charge in [-0.3, -0.25) is 0 Å². The van der Waals surface area contributed by atoms with E-state index in [-0.39, 0.29) is 12.6 Å². The average Bonchev–Trinajstić information content (AvgIpc) is 2.20. The van der Waals surface area contributed by atoms with Crippen LogP contribution in [0.15, 0.2) is 23.1 Å². The standard InChI is InChI=1S/C10H14F2N2O2S/c1-7(13)4-5-14-17(15,16)10-6-8(11)2-3-9(10)12/h2-3,6-7,14H,4-5,13H2,1H3. The zero-order chi connectivity index (χ0) is 13.1. The summed E-state index contributed by atoms with van der Waals surface area (Å²) in [6.45, 7) is 1.80. The second-order valence-electron chi connectivity index (χ2n) is 3.74. The Balaban J connectivity index is 2.86. The van der Waals surface area contributed by atoms with E-state index in [2.05, 4.69) is 4.72 Å². The molecule has 17 heavy (non-hydrogen) atoms. The van der Waals surface area contributed by atoms with E-state index in [0.717, 1.165) is 12.1 Å². The number of sulfonamides is 1. The normalized spacial score (nSPS) is 13.6. The first-order chi connectivity index (χ1) is 7.83. The molecule has 7 heteroatoms. The molecule has 0 saturated carbocycles. The van der Waals surface area contributed by atoms with Gasteiger partial charge < -0.3 is 5.73 Å². The molecule has 0 aromatic heterocycles. The summed E-state index contributed by atoms with van der Waals surface area (Å²) in [4.78, 5) is -0.692. The fraction of sp³-hybridized carbons (Fsp3) is 0.400. The molecule has 0 spiro atoms. The highest BCUT2D eigenvalue weighted by molar-refractivity contribution is 7.89. The first-order valence-corrected chi connectivity index (χ1v) is 6.51. The Morgan fingerprint density at radius 1 is 1.41 bits per heavy atom. The Labute approximate surface area is 98.9 Å². The van der Waals surface area contributed by atoms with Gasteiger partial charge in [-0.2, -0.15) is 0 Å². The number of halogens is 2. The summed E-state index contributed by atoms with van der Waals surface area (Å²) in [5.41, 5.74) is 5.45. The monoisotopic (exact) mass is 264 g/mol. The van der Waals surface area contributed by atoms with Crippen LogP contribution in [-0.2, 0) is 10.0 Å². The molecule has 1 aromatic carbocycles. The van der Waals surface area contributed by atoms with Gasteiger partial charge in [-0.15, -0.1) is 0 Å². The lowest BCUT2D eigenvalue weighted by Gasteiger charge is -2.09. The lowest BCUT2D eigenvalue weighted by Crippen LogP contribution is -2.29. The van der Waals surface area contributed by atoms with E-state index in [1.54, 1.807) is 6.92 Å². The molecule has 0 heterocycles. The smallest absolute Gasteiger partial charge is 0.243 e. The van der Waals surface area contributed by atoms with Crippen LogP contribution in [0, 0.1) is 11.6 Å². The fourth-order valence-electron chi connectivity index (χ4n) is 1.18. The minimum atomic E-state index is -4.03. The summed E-state index contributed by atoms with van der Waals surface area (Å²) in [5, 5.41) is 0. The largest absolute Gasteiger partial charge is 0.328 e. The third-order valence-corrected chi connectivity index (χ3v) is 3.55. The van der Waals surface area contributed by atoms with Crippen LogP contribution in [0.2, 0.25) is 0 Å². The minimum absolute atomic E-state index is 0.0793. The van der Waals surface area contributed by atoms with E-state index < -0.39 is 26.6 Å². The van der Waals surface area contributed by atoms with E-state index in [9.17, 15) is 17.2 Å². The van der Waals surface area contributed by atoms with Gasteiger partial charge in [-0.1, -0.05) is 0 Å². The maximum atomic E-state index is 13.2. The molecule has 1 aromatic rings. The van der Waals surface area contributed by atoms with Gasteiger partial charge in [-0.25, -0.2) is 21.9 Å². The van der Waals surface area contributed by atoms with Crippen molar-refractivity contribution < 1.29 is 17.2 Å². The van der Waals surface area contributed by atoms with Crippen LogP contribution in [-0.4, -0.2) is 21.0 Å². The zero-order valence-corrected chi connectivity index (χ0v) is 10.1. The van der Waals surface area contributed by atoms with Crippen molar-refractivity contribution in [1.82, 2.24) is 4.72 Å². The second kappa shape index (κ2) is 5.52. The Morgan fingerprint density at radius 3 is 2.65 bits per heavy atom. The van der Waals surface area contributed by atoms with Crippen LogP contribution in [0.5, 0.6) is 0 Å². The molecule has 0 aliphatic rings. The average molecular weight is 264 g/mol. The first kappa shape index (κ1) is 14.0. The van der Waals surface area contributed by atoms with Gasteiger partial charge >= 0.3 is 0 Å². The fourth-order valence-corrected chi connectivity index (χ4v) is 2.32. The summed E-state index contributed by atoms with van der Waals surface area (Å²) in [6.07, 6.45) is 0.413. The summed E-state index contributed by atoms with van der Waals surface area (Å²) in [7, 11) is -4.03. The summed E-state index contributed by atoms with van der Waals surface area (Å²) in [5.74, 6) is -1.79. The van der Waals surface area contributed by atoms with Gasteiger partial charge in [0.05, 0.1) is 0 Å². The van der Waals surface area contributed by atoms with Gasteiger partial charge in [0.2, 0.25) is 10.0 Å². The number of nitrogens with two attached hydrogens (primary N) is 1. The Hall–Kier alpha value is -1.05. The summed E-state index contributed by atoms with van der Waals surface area (Å²) >= 11 is 0. The molecule has 1 atom stereocenters. The molecule has 0 bridgehead atoms. The molecular formula is C10H14F2N2O2S. The molecule has 4 nitrogen and oxygen atoms in total. The maximum Gasteiger partial charge on any atom is 0.243 e. The van der Waals surface area contributed by atoms with Crippen molar-refractivity contribution in [3.05, 3.63) is 29.8 Å². The number of nitrogens with one attached hydrogen (secondary N) is 1. The van der Waals surface area contributed by atoms with Crippen LogP contribution >= 0.6 is 0 Å². The van der Waals surface area contributed by atoms with Crippen LogP contribution < -0.4 is 10.5 Å². The van der Waals surface area contributed by atoms with Crippen LogP contribution in [0.1, 0.15) is 13.3 Å². The molecule has 0 saturated heterocycles.